The van der Waals surface area contributed by atoms with Crippen molar-refractivity contribution in [3.8, 4) is 0 Å². The fourth-order valence-corrected chi connectivity index (χ4v) is 4.96. The Morgan fingerprint density at radius 1 is 1.20 bits per heavy atom. The second kappa shape index (κ2) is 8.78. The maximum absolute atomic E-state index is 12.5. The van der Waals surface area contributed by atoms with Gasteiger partial charge in [-0.25, -0.2) is 8.42 Å². The summed E-state index contributed by atoms with van der Waals surface area (Å²) in [6.45, 7) is 9.58. The fraction of sp³-hybridized carbons (Fsp3) is 0.611. The van der Waals surface area contributed by atoms with Crippen molar-refractivity contribution >= 4 is 15.9 Å². The summed E-state index contributed by atoms with van der Waals surface area (Å²) in [6, 6.07) is 6.69. The molecule has 2 N–H and O–H groups in total. The first-order chi connectivity index (χ1) is 11.9. The van der Waals surface area contributed by atoms with Gasteiger partial charge in [0.2, 0.25) is 10.0 Å². The van der Waals surface area contributed by atoms with Gasteiger partial charge < -0.3 is 10.2 Å². The molecule has 0 spiro atoms. The summed E-state index contributed by atoms with van der Waals surface area (Å²) in [5, 5.41) is 2.99. The van der Waals surface area contributed by atoms with Gasteiger partial charge in [0.1, 0.15) is 6.04 Å². The normalized spacial score (nSPS) is 20.8. The lowest BCUT2D eigenvalue weighted by Gasteiger charge is -2.20. The van der Waals surface area contributed by atoms with Crippen molar-refractivity contribution in [3.63, 3.8) is 0 Å². The van der Waals surface area contributed by atoms with Gasteiger partial charge in [0, 0.05) is 31.5 Å². The smallest absolute Gasteiger partial charge is 0.251 e. The Labute approximate surface area is 151 Å². The molecule has 0 radical (unpaired) electrons. The Morgan fingerprint density at radius 3 is 2.40 bits per heavy atom. The van der Waals surface area contributed by atoms with Crippen LogP contribution in [0.15, 0.2) is 29.2 Å². The highest BCUT2D eigenvalue weighted by Gasteiger charge is 2.27. The van der Waals surface area contributed by atoms with Gasteiger partial charge in [0.15, 0.2) is 0 Å². The van der Waals surface area contributed by atoms with E-state index in [-0.39, 0.29) is 10.8 Å². The van der Waals surface area contributed by atoms with E-state index in [1.54, 1.807) is 17.0 Å². The molecule has 7 heteroatoms. The highest BCUT2D eigenvalue weighted by Crippen LogP contribution is 2.16. The molecule has 1 aromatic carbocycles. The van der Waals surface area contributed by atoms with Crippen molar-refractivity contribution in [1.29, 1.82) is 0 Å². The van der Waals surface area contributed by atoms with E-state index in [0.29, 0.717) is 31.2 Å². The highest BCUT2D eigenvalue weighted by molar-refractivity contribution is 7.89. The Bertz CT molecular complexity index is 669. The number of hydrogen-bond acceptors (Lipinski definition) is 3. The Kier molecular flexibility index (Phi) is 6.98. The quantitative estimate of drug-likeness (QED) is 0.703. The molecule has 1 aliphatic rings. The monoisotopic (exact) mass is 368 g/mol. The molecule has 25 heavy (non-hydrogen) atoms. The molecule has 0 aliphatic carbocycles. The summed E-state index contributed by atoms with van der Waals surface area (Å²) in [5.74, 6) is -0.144. The number of nitrogens with one attached hydrogen (secondary N) is 2. The average molecular weight is 369 g/mol. The molecule has 6 nitrogen and oxygen atoms in total. The standard InChI is InChI=1S/C18H29N3O3S/c1-4-20-13-7-8-16(20)14-19-18(22)15-9-11-17(12-10-15)25(23,24)21(5-2)6-3/h9-12,16H,4-8,13-14H2,1-3H3,(H,19,22)/p+1/t16-/m1/s1. The van der Waals surface area contributed by atoms with Crippen molar-refractivity contribution in [2.45, 2.75) is 44.6 Å². The lowest BCUT2D eigenvalue weighted by molar-refractivity contribution is -0.909. The predicted molar refractivity (Wildman–Crippen MR) is 98.3 cm³/mol. The molecule has 0 saturated carbocycles. The summed E-state index contributed by atoms with van der Waals surface area (Å²) in [7, 11) is -3.48. The number of carbonyl (C=O) groups excluding carboxylic acids is 1. The second-order valence-electron chi connectivity index (χ2n) is 6.42. The SMILES string of the molecule is CCN(CC)S(=O)(=O)c1ccc(C(=O)NC[C@H]2CCC[NH+]2CC)cc1. The van der Waals surface area contributed by atoms with E-state index in [4.69, 9.17) is 0 Å². The Balaban J connectivity index is 2.00. The molecule has 1 saturated heterocycles. The van der Waals surface area contributed by atoms with Crippen LogP contribution in [0.25, 0.3) is 0 Å². The molecular weight excluding hydrogens is 338 g/mol. The largest absolute Gasteiger partial charge is 0.346 e. The lowest BCUT2D eigenvalue weighted by atomic mass is 10.2. The van der Waals surface area contributed by atoms with Gasteiger partial charge in [-0.15, -0.1) is 0 Å². The molecule has 1 unspecified atom stereocenters. The van der Waals surface area contributed by atoms with Crippen LogP contribution in [0, 0.1) is 0 Å². The van der Waals surface area contributed by atoms with E-state index in [1.807, 2.05) is 13.8 Å². The van der Waals surface area contributed by atoms with E-state index in [1.165, 1.54) is 29.4 Å². The number of amides is 1. The van der Waals surface area contributed by atoms with Gasteiger partial charge in [-0.3, -0.25) is 4.79 Å². The average Bonchev–Trinajstić information content (AvgIpc) is 3.08. The van der Waals surface area contributed by atoms with Gasteiger partial charge in [0.05, 0.1) is 24.5 Å². The summed E-state index contributed by atoms with van der Waals surface area (Å²) >= 11 is 0. The topological polar surface area (TPSA) is 70.9 Å². The van der Waals surface area contributed by atoms with E-state index in [9.17, 15) is 13.2 Å². The minimum atomic E-state index is -3.48. The predicted octanol–water partition coefficient (Wildman–Crippen LogP) is 0.514. The summed E-state index contributed by atoms with van der Waals surface area (Å²) in [5.41, 5.74) is 0.495. The van der Waals surface area contributed by atoms with E-state index in [2.05, 4.69) is 12.2 Å². The zero-order valence-electron chi connectivity index (χ0n) is 15.4. The van der Waals surface area contributed by atoms with Crippen molar-refractivity contribution in [2.24, 2.45) is 0 Å². The van der Waals surface area contributed by atoms with Crippen LogP contribution in [0.3, 0.4) is 0 Å². The molecular formula is C18H30N3O3S+. The van der Waals surface area contributed by atoms with Crippen LogP contribution >= 0.6 is 0 Å². The molecule has 1 heterocycles. The molecule has 2 atom stereocenters. The van der Waals surface area contributed by atoms with Gasteiger partial charge in [-0.05, 0) is 31.2 Å². The molecule has 1 aromatic rings. The van der Waals surface area contributed by atoms with Crippen LogP contribution in [0.5, 0.6) is 0 Å². The number of quaternary nitrogens is 1. The first kappa shape index (κ1) is 19.9. The van der Waals surface area contributed by atoms with E-state index >= 15 is 0 Å². The third-order valence-corrected chi connectivity index (χ3v) is 7.11. The molecule has 1 amide bonds. The number of benzene rings is 1. The second-order valence-corrected chi connectivity index (χ2v) is 8.36. The summed E-state index contributed by atoms with van der Waals surface area (Å²) in [6.07, 6.45) is 2.35. The van der Waals surface area contributed by atoms with Crippen LogP contribution in [-0.4, -0.2) is 57.4 Å². The Hall–Kier alpha value is -1.44. The third kappa shape index (κ3) is 4.59. The van der Waals surface area contributed by atoms with Crippen molar-refractivity contribution in [3.05, 3.63) is 29.8 Å². The van der Waals surface area contributed by atoms with Crippen LogP contribution in [-0.2, 0) is 10.0 Å². The number of nitrogens with zero attached hydrogens (tertiary/aromatic N) is 1. The number of rotatable bonds is 8. The van der Waals surface area contributed by atoms with Crippen molar-refractivity contribution in [2.75, 3.05) is 32.7 Å². The molecule has 0 bridgehead atoms. The Morgan fingerprint density at radius 2 is 1.84 bits per heavy atom. The maximum atomic E-state index is 12.5. The van der Waals surface area contributed by atoms with Gasteiger partial charge in [-0.2, -0.15) is 4.31 Å². The van der Waals surface area contributed by atoms with E-state index < -0.39 is 10.0 Å². The number of likely N-dealkylation sites (tertiary alicyclic amines) is 1. The van der Waals surface area contributed by atoms with Gasteiger partial charge in [0.25, 0.3) is 5.91 Å². The van der Waals surface area contributed by atoms with Gasteiger partial charge >= 0.3 is 0 Å². The van der Waals surface area contributed by atoms with Crippen LogP contribution in [0.4, 0.5) is 0 Å². The minimum Gasteiger partial charge on any atom is -0.346 e. The molecule has 2 rings (SSSR count). The number of likely N-dealkylation sites (N-methyl/N-ethyl adjacent to an activating group) is 1. The van der Waals surface area contributed by atoms with Crippen molar-refractivity contribution < 1.29 is 18.1 Å². The first-order valence-electron chi connectivity index (χ1n) is 9.17. The number of hydrogen-bond donors (Lipinski definition) is 2. The lowest BCUT2D eigenvalue weighted by Crippen LogP contribution is -3.14. The molecule has 140 valence electrons. The van der Waals surface area contributed by atoms with Crippen LogP contribution < -0.4 is 10.2 Å². The summed E-state index contributed by atoms with van der Waals surface area (Å²) < 4.78 is 26.3. The molecule has 1 fully saturated rings. The maximum Gasteiger partial charge on any atom is 0.251 e. The van der Waals surface area contributed by atoms with Gasteiger partial charge in [-0.1, -0.05) is 13.8 Å². The van der Waals surface area contributed by atoms with Crippen molar-refractivity contribution in [1.82, 2.24) is 9.62 Å². The van der Waals surface area contributed by atoms with Crippen LogP contribution in [0.2, 0.25) is 0 Å². The molecule has 1 aliphatic heterocycles. The molecule has 0 aromatic heterocycles. The zero-order valence-corrected chi connectivity index (χ0v) is 16.2. The zero-order chi connectivity index (χ0) is 18.4. The first-order valence-corrected chi connectivity index (χ1v) is 10.6. The third-order valence-electron chi connectivity index (χ3n) is 5.05. The minimum absolute atomic E-state index is 0.144. The van der Waals surface area contributed by atoms with Crippen LogP contribution in [0.1, 0.15) is 44.0 Å². The highest BCUT2D eigenvalue weighted by atomic mass is 32.2. The number of carbonyl (C=O) groups is 1. The number of sulfonamides is 1. The fourth-order valence-electron chi connectivity index (χ4n) is 3.50. The summed E-state index contributed by atoms with van der Waals surface area (Å²) in [4.78, 5) is 14.1. The van der Waals surface area contributed by atoms with E-state index in [0.717, 1.165) is 13.0 Å².